The zero-order valence-corrected chi connectivity index (χ0v) is 14.8. The first-order valence-electron chi connectivity index (χ1n) is 6.15. The number of carbonyl (C=O) groups is 2. The molecule has 1 atom stereocenters. The molecule has 1 aliphatic rings. The minimum atomic E-state index is -0.774. The van der Waals surface area contributed by atoms with Gasteiger partial charge in [-0.15, -0.1) is 0 Å². The van der Waals surface area contributed by atoms with E-state index in [9.17, 15) is 9.59 Å². The fourth-order valence-electron chi connectivity index (χ4n) is 1.85. The van der Waals surface area contributed by atoms with Gasteiger partial charge in [0.15, 0.2) is 0 Å². The Morgan fingerprint density at radius 2 is 2.14 bits per heavy atom. The van der Waals surface area contributed by atoms with Crippen LogP contribution in [0.5, 0.6) is 0 Å². The molecule has 0 N–H and O–H groups in total. The maximum atomic E-state index is 12.4. The summed E-state index contributed by atoms with van der Waals surface area (Å²) in [4.78, 5) is 25.7. The summed E-state index contributed by atoms with van der Waals surface area (Å²) in [6, 6.07) is 4.20. The van der Waals surface area contributed by atoms with E-state index in [-0.39, 0.29) is 5.91 Å². The van der Waals surface area contributed by atoms with Gasteiger partial charge in [-0.2, -0.15) is 0 Å². The van der Waals surface area contributed by atoms with Crippen LogP contribution in [0.25, 0.3) is 6.08 Å². The highest BCUT2D eigenvalue weighted by molar-refractivity contribution is 8.26. The molecule has 1 aromatic carbocycles. The zero-order valence-electron chi connectivity index (χ0n) is 11.6. The minimum Gasteiger partial charge on any atom is -0.467 e. The zero-order chi connectivity index (χ0) is 16.4. The van der Waals surface area contributed by atoms with Crippen LogP contribution in [0.2, 0.25) is 10.0 Å². The van der Waals surface area contributed by atoms with Gasteiger partial charge in [0.2, 0.25) is 0 Å². The average molecular weight is 376 g/mol. The summed E-state index contributed by atoms with van der Waals surface area (Å²) >= 11 is 18.2. The molecule has 0 spiro atoms. The van der Waals surface area contributed by atoms with Crippen LogP contribution in [0.3, 0.4) is 0 Å². The standard InChI is InChI=1S/C14H11Cl2NO3S2/c1-7(13(19)20-2)17-12(18)11(22-14(17)21)5-8-3-4-9(15)6-10(8)16/h3-7H,1-2H3. The predicted molar refractivity (Wildman–Crippen MR) is 93.0 cm³/mol. The van der Waals surface area contributed by atoms with Crippen LogP contribution in [0.1, 0.15) is 12.5 Å². The van der Waals surface area contributed by atoms with Crippen molar-refractivity contribution in [1.82, 2.24) is 4.90 Å². The Balaban J connectivity index is 2.31. The second kappa shape index (κ2) is 7.00. The number of amides is 1. The number of thioether (sulfide) groups is 1. The van der Waals surface area contributed by atoms with Crippen molar-refractivity contribution in [2.75, 3.05) is 7.11 Å². The molecule has 1 aromatic rings. The number of nitrogens with zero attached hydrogens (tertiary/aromatic N) is 1. The molecule has 1 fully saturated rings. The Morgan fingerprint density at radius 1 is 1.45 bits per heavy atom. The summed E-state index contributed by atoms with van der Waals surface area (Å²) in [6.07, 6.45) is 1.63. The van der Waals surface area contributed by atoms with Crippen molar-refractivity contribution in [3.8, 4) is 0 Å². The van der Waals surface area contributed by atoms with Crippen LogP contribution in [0.4, 0.5) is 0 Å². The van der Waals surface area contributed by atoms with Gasteiger partial charge < -0.3 is 4.74 Å². The first kappa shape index (κ1) is 17.3. The van der Waals surface area contributed by atoms with Gasteiger partial charge in [0.25, 0.3) is 5.91 Å². The number of hydrogen-bond donors (Lipinski definition) is 0. The molecule has 0 aliphatic carbocycles. The van der Waals surface area contributed by atoms with Crippen molar-refractivity contribution in [3.05, 3.63) is 38.7 Å². The van der Waals surface area contributed by atoms with Crippen molar-refractivity contribution < 1.29 is 14.3 Å². The normalized spacial score (nSPS) is 18.0. The van der Waals surface area contributed by atoms with Crippen LogP contribution < -0.4 is 0 Å². The van der Waals surface area contributed by atoms with E-state index in [0.717, 1.165) is 11.8 Å². The molecule has 1 aliphatic heterocycles. The van der Waals surface area contributed by atoms with E-state index in [1.54, 1.807) is 31.2 Å². The van der Waals surface area contributed by atoms with Crippen molar-refractivity contribution in [1.29, 1.82) is 0 Å². The highest BCUT2D eigenvalue weighted by Crippen LogP contribution is 2.35. The first-order valence-corrected chi connectivity index (χ1v) is 8.13. The summed E-state index contributed by atoms with van der Waals surface area (Å²) < 4.78 is 4.95. The topological polar surface area (TPSA) is 46.6 Å². The Hall–Kier alpha value is -1.08. The largest absolute Gasteiger partial charge is 0.467 e. The molecule has 1 unspecified atom stereocenters. The Bertz CT molecular complexity index is 691. The fourth-order valence-corrected chi connectivity index (χ4v) is 3.72. The number of ether oxygens (including phenoxy) is 1. The summed E-state index contributed by atoms with van der Waals surface area (Å²) in [5, 5.41) is 0.938. The molecular formula is C14H11Cl2NO3S2. The Kier molecular flexibility index (Phi) is 5.50. The molecule has 116 valence electrons. The SMILES string of the molecule is COC(=O)C(C)N1C(=O)C(=Cc2ccc(Cl)cc2Cl)SC1=S. The van der Waals surface area contributed by atoms with Gasteiger partial charge in [-0.3, -0.25) is 9.69 Å². The van der Waals surface area contributed by atoms with Crippen molar-refractivity contribution in [2.24, 2.45) is 0 Å². The van der Waals surface area contributed by atoms with Crippen molar-refractivity contribution in [2.45, 2.75) is 13.0 Å². The molecule has 0 radical (unpaired) electrons. The summed E-state index contributed by atoms with van der Waals surface area (Å²) in [6.45, 7) is 1.56. The number of halogens is 2. The van der Waals surface area contributed by atoms with Gasteiger partial charge in [0, 0.05) is 10.0 Å². The Labute approximate surface area is 147 Å². The van der Waals surface area contributed by atoms with Gasteiger partial charge in [-0.05, 0) is 30.7 Å². The number of thiocarbonyl (C=S) groups is 1. The molecule has 1 saturated heterocycles. The lowest BCUT2D eigenvalue weighted by Gasteiger charge is -2.20. The molecule has 0 saturated carbocycles. The number of esters is 1. The van der Waals surface area contributed by atoms with E-state index in [4.69, 9.17) is 35.4 Å². The second-order valence-electron chi connectivity index (χ2n) is 4.42. The van der Waals surface area contributed by atoms with Gasteiger partial charge in [-0.25, -0.2) is 4.79 Å². The molecule has 0 bridgehead atoms. The smallest absolute Gasteiger partial charge is 0.328 e. The van der Waals surface area contributed by atoms with Crippen molar-refractivity contribution >= 4 is 69.5 Å². The van der Waals surface area contributed by atoms with E-state index in [1.165, 1.54) is 12.0 Å². The highest BCUT2D eigenvalue weighted by Gasteiger charge is 2.38. The third-order valence-corrected chi connectivity index (χ3v) is 4.90. The summed E-state index contributed by atoms with van der Waals surface area (Å²) in [5.74, 6) is -0.874. The van der Waals surface area contributed by atoms with Crippen LogP contribution in [0.15, 0.2) is 23.1 Å². The van der Waals surface area contributed by atoms with E-state index >= 15 is 0 Å². The second-order valence-corrected chi connectivity index (χ2v) is 6.94. The number of hydrogen-bond acceptors (Lipinski definition) is 5. The van der Waals surface area contributed by atoms with Gasteiger partial charge in [0.1, 0.15) is 10.4 Å². The lowest BCUT2D eigenvalue weighted by atomic mass is 10.2. The predicted octanol–water partition coefficient (Wildman–Crippen LogP) is 3.76. The van der Waals surface area contributed by atoms with Crippen molar-refractivity contribution in [3.63, 3.8) is 0 Å². The molecule has 1 heterocycles. The van der Waals surface area contributed by atoms with E-state index in [0.29, 0.717) is 24.8 Å². The monoisotopic (exact) mass is 375 g/mol. The third kappa shape index (κ3) is 3.46. The number of rotatable bonds is 3. The summed E-state index contributed by atoms with van der Waals surface area (Å²) in [5.41, 5.74) is 0.650. The van der Waals surface area contributed by atoms with Gasteiger partial charge >= 0.3 is 5.97 Å². The molecule has 8 heteroatoms. The van der Waals surface area contributed by atoms with Gasteiger partial charge in [0.05, 0.1) is 12.0 Å². The number of carbonyl (C=O) groups excluding carboxylic acids is 2. The molecule has 4 nitrogen and oxygen atoms in total. The van der Waals surface area contributed by atoms with E-state index in [2.05, 4.69) is 4.74 Å². The van der Waals surface area contributed by atoms with Crippen LogP contribution in [-0.4, -0.2) is 34.2 Å². The quantitative estimate of drug-likeness (QED) is 0.457. The molecular weight excluding hydrogens is 365 g/mol. The fraction of sp³-hybridized carbons (Fsp3) is 0.214. The average Bonchev–Trinajstić information content (AvgIpc) is 2.75. The lowest BCUT2D eigenvalue weighted by Crippen LogP contribution is -2.42. The van der Waals surface area contributed by atoms with Crippen LogP contribution in [-0.2, 0) is 14.3 Å². The molecule has 0 aromatic heterocycles. The van der Waals surface area contributed by atoms with Crippen LogP contribution in [0, 0.1) is 0 Å². The van der Waals surface area contributed by atoms with E-state index < -0.39 is 12.0 Å². The molecule has 1 amide bonds. The Morgan fingerprint density at radius 3 is 2.73 bits per heavy atom. The molecule has 22 heavy (non-hydrogen) atoms. The van der Waals surface area contributed by atoms with Crippen LogP contribution >= 0.6 is 47.2 Å². The first-order chi connectivity index (χ1) is 10.3. The minimum absolute atomic E-state index is 0.305. The molecule has 2 rings (SSSR count). The van der Waals surface area contributed by atoms with Gasteiger partial charge in [-0.1, -0.05) is 53.2 Å². The third-order valence-electron chi connectivity index (χ3n) is 3.00. The lowest BCUT2D eigenvalue weighted by molar-refractivity contribution is -0.147. The maximum Gasteiger partial charge on any atom is 0.328 e. The van der Waals surface area contributed by atoms with E-state index in [1.807, 2.05) is 0 Å². The number of benzene rings is 1. The number of methoxy groups -OCH3 is 1. The maximum absolute atomic E-state index is 12.4. The highest BCUT2D eigenvalue weighted by atomic mass is 35.5. The summed E-state index contributed by atoms with van der Waals surface area (Å²) in [7, 11) is 1.26.